The number of carbonyl (C=O) groups is 1. The maximum absolute atomic E-state index is 12.3. The average Bonchev–Trinajstić information content (AvgIpc) is 2.47. The van der Waals surface area contributed by atoms with E-state index >= 15 is 0 Å². The second-order valence-electron chi connectivity index (χ2n) is 4.31. The molecule has 1 unspecified atom stereocenters. The molecular formula is C14H17N3O2. The Balaban J connectivity index is 2.03. The van der Waals surface area contributed by atoms with Gasteiger partial charge in [-0.05, 0) is 19.1 Å². The van der Waals surface area contributed by atoms with Gasteiger partial charge in [-0.3, -0.25) is 4.79 Å². The third-order valence-corrected chi connectivity index (χ3v) is 3.10. The normalized spacial score (nSPS) is 16.5. The highest BCUT2D eigenvalue weighted by molar-refractivity contribution is 5.83. The molecule has 1 aromatic rings. The second-order valence-corrected chi connectivity index (χ2v) is 4.31. The summed E-state index contributed by atoms with van der Waals surface area (Å²) in [6, 6.07) is 9.61. The number of carbonyl (C=O) groups excluding carboxylic acids is 1. The standard InChI is InChI=1S/C14H17N3O2/c1-2-17(9-5-8-15)14(18)13-10-16-11-6-3-4-7-12(11)19-13/h3-4,6-7,13,16H,2,5,9-10H2,1H3. The van der Waals surface area contributed by atoms with Crippen molar-refractivity contribution >= 4 is 11.6 Å². The van der Waals surface area contributed by atoms with Crippen LogP contribution in [0.2, 0.25) is 0 Å². The fourth-order valence-electron chi connectivity index (χ4n) is 2.06. The van der Waals surface area contributed by atoms with Gasteiger partial charge in [-0.15, -0.1) is 0 Å². The van der Waals surface area contributed by atoms with Gasteiger partial charge < -0.3 is 15.0 Å². The summed E-state index contributed by atoms with van der Waals surface area (Å²) in [6.45, 7) is 3.40. The van der Waals surface area contributed by atoms with Crippen LogP contribution in [0, 0.1) is 11.3 Å². The third-order valence-electron chi connectivity index (χ3n) is 3.10. The van der Waals surface area contributed by atoms with Crippen LogP contribution in [0.1, 0.15) is 13.3 Å². The Morgan fingerprint density at radius 3 is 3.11 bits per heavy atom. The van der Waals surface area contributed by atoms with E-state index in [-0.39, 0.29) is 5.91 Å². The molecule has 1 aliphatic rings. The van der Waals surface area contributed by atoms with Crippen molar-refractivity contribution in [1.82, 2.24) is 4.90 Å². The molecule has 0 fully saturated rings. The molecule has 5 heteroatoms. The fraction of sp³-hybridized carbons (Fsp3) is 0.429. The summed E-state index contributed by atoms with van der Waals surface area (Å²) >= 11 is 0. The van der Waals surface area contributed by atoms with Crippen molar-refractivity contribution in [1.29, 1.82) is 5.26 Å². The summed E-state index contributed by atoms with van der Waals surface area (Å²) in [5.41, 5.74) is 0.909. The number of nitrogens with one attached hydrogen (secondary N) is 1. The number of hydrogen-bond acceptors (Lipinski definition) is 4. The van der Waals surface area contributed by atoms with Crippen molar-refractivity contribution in [2.75, 3.05) is 25.0 Å². The molecule has 0 saturated heterocycles. The van der Waals surface area contributed by atoms with Crippen molar-refractivity contribution in [3.8, 4) is 11.8 Å². The van der Waals surface area contributed by atoms with Crippen LogP contribution < -0.4 is 10.1 Å². The number of nitrogens with zero attached hydrogens (tertiary/aromatic N) is 2. The third kappa shape index (κ3) is 2.97. The van der Waals surface area contributed by atoms with Crippen LogP contribution in [-0.2, 0) is 4.79 Å². The minimum Gasteiger partial charge on any atom is -0.477 e. The minimum atomic E-state index is -0.520. The van der Waals surface area contributed by atoms with E-state index in [2.05, 4.69) is 11.4 Å². The molecule has 1 aromatic carbocycles. The van der Waals surface area contributed by atoms with Crippen molar-refractivity contribution < 1.29 is 9.53 Å². The molecule has 1 aliphatic heterocycles. The molecule has 1 atom stereocenters. The molecule has 0 aliphatic carbocycles. The molecule has 100 valence electrons. The smallest absolute Gasteiger partial charge is 0.265 e. The van der Waals surface area contributed by atoms with Crippen molar-refractivity contribution in [2.24, 2.45) is 0 Å². The Morgan fingerprint density at radius 2 is 2.37 bits per heavy atom. The monoisotopic (exact) mass is 259 g/mol. The summed E-state index contributed by atoms with van der Waals surface area (Å²) in [7, 11) is 0. The zero-order valence-corrected chi connectivity index (χ0v) is 10.9. The van der Waals surface area contributed by atoms with Crippen LogP contribution in [0.15, 0.2) is 24.3 Å². The minimum absolute atomic E-state index is 0.0697. The van der Waals surface area contributed by atoms with E-state index in [0.29, 0.717) is 31.8 Å². The predicted octanol–water partition coefficient (Wildman–Crippen LogP) is 1.62. The van der Waals surface area contributed by atoms with E-state index in [1.54, 1.807) is 4.90 Å². The average molecular weight is 259 g/mol. The summed E-state index contributed by atoms with van der Waals surface area (Å²) in [6.07, 6.45) is -0.176. The van der Waals surface area contributed by atoms with E-state index in [4.69, 9.17) is 10.00 Å². The Labute approximate surface area is 112 Å². The molecule has 19 heavy (non-hydrogen) atoms. The van der Waals surface area contributed by atoms with Crippen LogP contribution >= 0.6 is 0 Å². The fourth-order valence-corrected chi connectivity index (χ4v) is 2.06. The zero-order chi connectivity index (χ0) is 13.7. The first-order valence-corrected chi connectivity index (χ1v) is 6.41. The van der Waals surface area contributed by atoms with Crippen LogP contribution in [0.4, 0.5) is 5.69 Å². The number of nitriles is 1. The Bertz CT molecular complexity index is 496. The largest absolute Gasteiger partial charge is 0.477 e. The summed E-state index contributed by atoms with van der Waals surface area (Å²) in [5, 5.41) is 11.8. The Hall–Kier alpha value is -2.22. The maximum Gasteiger partial charge on any atom is 0.265 e. The molecular weight excluding hydrogens is 242 g/mol. The molecule has 0 bridgehead atoms. The van der Waals surface area contributed by atoms with Gasteiger partial charge in [-0.25, -0.2) is 0 Å². The van der Waals surface area contributed by atoms with Gasteiger partial charge in [0.2, 0.25) is 0 Å². The number of rotatable bonds is 4. The number of anilines is 1. The SMILES string of the molecule is CCN(CCC#N)C(=O)C1CNc2ccccc2O1. The lowest BCUT2D eigenvalue weighted by molar-refractivity contribution is -0.138. The number of hydrogen-bond donors (Lipinski definition) is 1. The van der Waals surface area contributed by atoms with Gasteiger partial charge in [0.05, 0.1) is 24.7 Å². The first kappa shape index (κ1) is 13.2. The number of para-hydroxylation sites is 2. The first-order chi connectivity index (χ1) is 9.26. The Kier molecular flexibility index (Phi) is 4.24. The lowest BCUT2D eigenvalue weighted by Crippen LogP contribution is -2.47. The van der Waals surface area contributed by atoms with Gasteiger partial charge in [-0.2, -0.15) is 5.26 Å². The first-order valence-electron chi connectivity index (χ1n) is 6.41. The van der Waals surface area contributed by atoms with Gasteiger partial charge in [0.25, 0.3) is 5.91 Å². The topological polar surface area (TPSA) is 65.4 Å². The lowest BCUT2D eigenvalue weighted by Gasteiger charge is -2.30. The highest BCUT2D eigenvalue weighted by Gasteiger charge is 2.28. The van der Waals surface area contributed by atoms with E-state index in [0.717, 1.165) is 5.69 Å². The molecule has 0 spiro atoms. The molecule has 1 heterocycles. The molecule has 2 rings (SSSR count). The highest BCUT2D eigenvalue weighted by atomic mass is 16.5. The summed E-state index contributed by atoms with van der Waals surface area (Å²) in [4.78, 5) is 14.0. The molecule has 0 aromatic heterocycles. The number of fused-ring (bicyclic) bond motifs is 1. The van der Waals surface area contributed by atoms with E-state index in [1.165, 1.54) is 0 Å². The molecule has 0 saturated carbocycles. The quantitative estimate of drug-likeness (QED) is 0.892. The predicted molar refractivity (Wildman–Crippen MR) is 71.8 cm³/mol. The van der Waals surface area contributed by atoms with E-state index in [9.17, 15) is 4.79 Å². The number of benzene rings is 1. The molecule has 0 radical (unpaired) electrons. The molecule has 1 amide bonds. The van der Waals surface area contributed by atoms with Crippen molar-refractivity contribution in [3.05, 3.63) is 24.3 Å². The van der Waals surface area contributed by atoms with Crippen LogP contribution in [0.25, 0.3) is 0 Å². The van der Waals surface area contributed by atoms with E-state index in [1.807, 2.05) is 31.2 Å². The summed E-state index contributed by atoms with van der Waals surface area (Å²) in [5.74, 6) is 0.628. The maximum atomic E-state index is 12.3. The van der Waals surface area contributed by atoms with Crippen LogP contribution in [0.3, 0.4) is 0 Å². The van der Waals surface area contributed by atoms with Gasteiger partial charge in [-0.1, -0.05) is 12.1 Å². The number of amides is 1. The van der Waals surface area contributed by atoms with Crippen LogP contribution in [-0.4, -0.2) is 36.5 Å². The molecule has 5 nitrogen and oxygen atoms in total. The van der Waals surface area contributed by atoms with Gasteiger partial charge in [0, 0.05) is 13.1 Å². The van der Waals surface area contributed by atoms with Crippen LogP contribution in [0.5, 0.6) is 5.75 Å². The number of ether oxygens (including phenoxy) is 1. The van der Waals surface area contributed by atoms with Gasteiger partial charge >= 0.3 is 0 Å². The highest BCUT2D eigenvalue weighted by Crippen LogP contribution is 2.28. The van der Waals surface area contributed by atoms with E-state index < -0.39 is 6.10 Å². The molecule has 1 N–H and O–H groups in total. The zero-order valence-electron chi connectivity index (χ0n) is 10.9. The van der Waals surface area contributed by atoms with Gasteiger partial charge in [0.15, 0.2) is 6.10 Å². The Morgan fingerprint density at radius 1 is 1.58 bits per heavy atom. The second kappa shape index (κ2) is 6.10. The summed E-state index contributed by atoms with van der Waals surface area (Å²) < 4.78 is 5.72. The van der Waals surface area contributed by atoms with Gasteiger partial charge in [0.1, 0.15) is 5.75 Å². The van der Waals surface area contributed by atoms with Crippen molar-refractivity contribution in [2.45, 2.75) is 19.4 Å². The lowest BCUT2D eigenvalue weighted by atomic mass is 10.2. The number of likely N-dealkylation sites (N-methyl/N-ethyl adjacent to an activating group) is 1. The van der Waals surface area contributed by atoms with Crippen molar-refractivity contribution in [3.63, 3.8) is 0 Å².